The molecule has 82 valence electrons. The molecule has 0 saturated carbocycles. The Bertz CT molecular complexity index is 360. The number of amides is 2. The third-order valence-corrected chi connectivity index (χ3v) is 2.77. The quantitative estimate of drug-likeness (QED) is 0.545. The van der Waals surface area contributed by atoms with E-state index < -0.39 is 23.2 Å². The molecule has 0 aromatic heterocycles. The lowest BCUT2D eigenvalue weighted by atomic mass is 9.93. The van der Waals surface area contributed by atoms with E-state index in [9.17, 15) is 13.8 Å². The van der Waals surface area contributed by atoms with Crippen molar-refractivity contribution in [1.82, 2.24) is 5.06 Å². The van der Waals surface area contributed by atoms with Crippen LogP contribution < -0.4 is 0 Å². The minimum absolute atomic E-state index is 0.381. The summed E-state index contributed by atoms with van der Waals surface area (Å²) in [6.45, 7) is 0. The highest BCUT2D eigenvalue weighted by molar-refractivity contribution is 7.74. The molecule has 0 saturated heterocycles. The summed E-state index contributed by atoms with van der Waals surface area (Å²) in [5.74, 6) is -1.20. The number of nitrogens with zero attached hydrogens (tertiary/aromatic N) is 1. The van der Waals surface area contributed by atoms with E-state index in [1.54, 1.807) is 0 Å². The maximum Gasteiger partial charge on any atom is 0.325 e. The van der Waals surface area contributed by atoms with Crippen molar-refractivity contribution in [2.75, 3.05) is 0 Å². The highest BCUT2D eigenvalue weighted by Gasteiger charge is 2.41. The van der Waals surface area contributed by atoms with Crippen molar-refractivity contribution in [2.24, 2.45) is 0 Å². The topological polar surface area (TPSA) is 83.9 Å². The van der Waals surface area contributed by atoms with Gasteiger partial charge in [0.15, 0.2) is 0 Å². The van der Waals surface area contributed by atoms with E-state index in [1.165, 1.54) is 0 Å². The monoisotopic (exact) mass is 231 g/mol. The van der Waals surface area contributed by atoms with Crippen molar-refractivity contribution in [2.45, 2.75) is 25.7 Å². The SMILES string of the molecule is O=C1C2=C(CCCC2)C(=O)N1OS(=O)O. The Labute approximate surface area is 88.3 Å². The van der Waals surface area contributed by atoms with Gasteiger partial charge in [0.25, 0.3) is 11.8 Å². The van der Waals surface area contributed by atoms with Gasteiger partial charge in [-0.2, -0.15) is 4.21 Å². The first kappa shape index (κ1) is 10.5. The fourth-order valence-electron chi connectivity index (χ4n) is 1.85. The zero-order chi connectivity index (χ0) is 11.0. The summed E-state index contributed by atoms with van der Waals surface area (Å²) < 4.78 is 23.1. The molecule has 2 amide bonds. The molecule has 2 rings (SSSR count). The second-order valence-electron chi connectivity index (χ2n) is 3.36. The van der Waals surface area contributed by atoms with Gasteiger partial charge in [-0.15, -0.1) is 9.35 Å². The molecular formula is C8H9NO5S. The highest BCUT2D eigenvalue weighted by atomic mass is 32.2. The number of hydroxylamine groups is 2. The Morgan fingerprint density at radius 1 is 1.13 bits per heavy atom. The van der Waals surface area contributed by atoms with Gasteiger partial charge in [-0.3, -0.25) is 14.1 Å². The summed E-state index contributed by atoms with van der Waals surface area (Å²) in [7, 11) is 0. The summed E-state index contributed by atoms with van der Waals surface area (Å²) in [5, 5.41) is 0.381. The molecule has 1 unspecified atom stereocenters. The number of carbonyl (C=O) groups excluding carboxylic acids is 2. The van der Waals surface area contributed by atoms with Crippen LogP contribution in [0, 0.1) is 0 Å². The summed E-state index contributed by atoms with van der Waals surface area (Å²) in [6.07, 6.45) is 2.79. The van der Waals surface area contributed by atoms with Crippen LogP contribution in [0.1, 0.15) is 25.7 Å². The maximum atomic E-state index is 11.6. The normalized spacial score (nSPS) is 23.4. The smallest absolute Gasteiger partial charge is 0.282 e. The largest absolute Gasteiger partial charge is 0.325 e. The predicted octanol–water partition coefficient (Wildman–Crippen LogP) is 0.294. The van der Waals surface area contributed by atoms with E-state index >= 15 is 0 Å². The minimum atomic E-state index is -2.65. The van der Waals surface area contributed by atoms with Gasteiger partial charge >= 0.3 is 11.4 Å². The van der Waals surface area contributed by atoms with Crippen molar-refractivity contribution >= 4 is 23.2 Å². The lowest BCUT2D eigenvalue weighted by molar-refractivity contribution is -0.163. The van der Waals surface area contributed by atoms with Crippen LogP contribution in [0.3, 0.4) is 0 Å². The molecule has 0 radical (unpaired) electrons. The molecule has 1 N–H and O–H groups in total. The molecule has 2 aliphatic rings. The Hall–Kier alpha value is -1.05. The molecule has 1 aliphatic heterocycles. The lowest BCUT2D eigenvalue weighted by Gasteiger charge is -2.09. The first-order chi connectivity index (χ1) is 7.11. The number of carbonyl (C=O) groups is 2. The molecule has 1 aliphatic carbocycles. The Kier molecular flexibility index (Phi) is 2.68. The Morgan fingerprint density at radius 2 is 1.60 bits per heavy atom. The Balaban J connectivity index is 2.25. The van der Waals surface area contributed by atoms with Gasteiger partial charge in [-0.05, 0) is 25.7 Å². The van der Waals surface area contributed by atoms with Crippen molar-refractivity contribution in [1.29, 1.82) is 0 Å². The van der Waals surface area contributed by atoms with Crippen LogP contribution in [0.4, 0.5) is 0 Å². The van der Waals surface area contributed by atoms with E-state index in [0.29, 0.717) is 29.1 Å². The molecule has 0 spiro atoms. The fourth-order valence-corrected chi connectivity index (χ4v) is 2.11. The molecule has 0 fully saturated rings. The highest BCUT2D eigenvalue weighted by Crippen LogP contribution is 2.32. The van der Waals surface area contributed by atoms with Crippen LogP contribution in [-0.4, -0.2) is 25.6 Å². The third-order valence-electron chi connectivity index (χ3n) is 2.49. The number of hydrogen-bond donors (Lipinski definition) is 1. The third kappa shape index (κ3) is 1.73. The van der Waals surface area contributed by atoms with Gasteiger partial charge in [0, 0.05) is 11.1 Å². The number of imide groups is 1. The zero-order valence-corrected chi connectivity index (χ0v) is 8.58. The van der Waals surface area contributed by atoms with Crippen molar-refractivity contribution < 1.29 is 22.6 Å². The number of hydrogen-bond acceptors (Lipinski definition) is 4. The van der Waals surface area contributed by atoms with Gasteiger partial charge in [-0.25, -0.2) is 0 Å². The van der Waals surface area contributed by atoms with E-state index in [1.807, 2.05) is 0 Å². The molecular weight excluding hydrogens is 222 g/mol. The number of rotatable bonds is 2. The molecule has 0 aromatic rings. The van der Waals surface area contributed by atoms with Crippen LogP contribution in [0.25, 0.3) is 0 Å². The first-order valence-corrected chi connectivity index (χ1v) is 5.54. The summed E-state index contributed by atoms with van der Waals surface area (Å²) >= 11 is -2.65. The van der Waals surface area contributed by atoms with Gasteiger partial charge in [0.1, 0.15) is 0 Å². The minimum Gasteiger partial charge on any atom is -0.282 e. The van der Waals surface area contributed by atoms with E-state index in [0.717, 1.165) is 12.8 Å². The van der Waals surface area contributed by atoms with Crippen LogP contribution in [0.2, 0.25) is 0 Å². The van der Waals surface area contributed by atoms with Crippen molar-refractivity contribution in [3.05, 3.63) is 11.1 Å². The molecule has 7 heteroatoms. The predicted molar refractivity (Wildman–Crippen MR) is 49.2 cm³/mol. The standard InChI is InChI=1S/C8H9NO5S/c10-7-5-3-1-2-4-6(5)8(11)9(7)14-15(12)13/h1-4H2,(H,12,13). The molecule has 15 heavy (non-hydrogen) atoms. The molecule has 0 aromatic carbocycles. The average Bonchev–Trinajstić information content (AvgIpc) is 2.44. The van der Waals surface area contributed by atoms with Gasteiger partial charge in [-0.1, -0.05) is 0 Å². The molecule has 1 heterocycles. The Morgan fingerprint density at radius 3 is 2.00 bits per heavy atom. The van der Waals surface area contributed by atoms with Gasteiger partial charge < -0.3 is 0 Å². The maximum absolute atomic E-state index is 11.6. The average molecular weight is 231 g/mol. The van der Waals surface area contributed by atoms with E-state index in [2.05, 4.69) is 4.28 Å². The van der Waals surface area contributed by atoms with Crippen molar-refractivity contribution in [3.63, 3.8) is 0 Å². The van der Waals surface area contributed by atoms with E-state index in [-0.39, 0.29) is 0 Å². The summed E-state index contributed by atoms with van der Waals surface area (Å²) in [4.78, 5) is 23.1. The van der Waals surface area contributed by atoms with Crippen LogP contribution >= 0.6 is 0 Å². The zero-order valence-electron chi connectivity index (χ0n) is 7.76. The molecule has 0 bridgehead atoms. The summed E-state index contributed by atoms with van der Waals surface area (Å²) in [6, 6.07) is 0. The first-order valence-electron chi connectivity index (χ1n) is 4.51. The molecule has 6 nitrogen and oxygen atoms in total. The van der Waals surface area contributed by atoms with Crippen LogP contribution in [0.5, 0.6) is 0 Å². The second kappa shape index (κ2) is 3.84. The van der Waals surface area contributed by atoms with Crippen LogP contribution in [-0.2, 0) is 25.2 Å². The van der Waals surface area contributed by atoms with Gasteiger partial charge in [0.05, 0.1) is 0 Å². The fraction of sp³-hybridized carbons (Fsp3) is 0.500. The molecule has 1 atom stereocenters. The van der Waals surface area contributed by atoms with Gasteiger partial charge in [0.2, 0.25) is 0 Å². The van der Waals surface area contributed by atoms with Crippen molar-refractivity contribution in [3.8, 4) is 0 Å². The summed E-state index contributed by atoms with van der Waals surface area (Å²) in [5.41, 5.74) is 0.855. The lowest BCUT2D eigenvalue weighted by Crippen LogP contribution is -2.32. The second-order valence-corrected chi connectivity index (χ2v) is 3.94. The van der Waals surface area contributed by atoms with E-state index in [4.69, 9.17) is 4.55 Å². The van der Waals surface area contributed by atoms with Crippen LogP contribution in [0.15, 0.2) is 11.1 Å².